The zero-order chi connectivity index (χ0) is 18.8. The fourth-order valence-electron chi connectivity index (χ4n) is 3.23. The van der Waals surface area contributed by atoms with Crippen LogP contribution in [0.1, 0.15) is 30.4 Å². The molecule has 3 aromatic rings. The van der Waals surface area contributed by atoms with Crippen LogP contribution >= 0.6 is 23.4 Å². The summed E-state index contributed by atoms with van der Waals surface area (Å²) in [6, 6.07) is 17.9. The van der Waals surface area contributed by atoms with Gasteiger partial charge in [0.1, 0.15) is 11.5 Å². The van der Waals surface area contributed by atoms with Crippen LogP contribution in [0.4, 0.5) is 5.69 Å². The van der Waals surface area contributed by atoms with E-state index in [1.165, 1.54) is 4.90 Å². The standard InChI is InChI=1S/C22H20ClNO2S/c1-2-17-8-9-18(26-17)10-12-22(25)24-14-15-5-3-4-6-20(15)27-21-11-7-16(23)13-19(21)24/h3-9,11,13H,2,10,12,14H2,1H3. The molecular weight excluding hydrogens is 378 g/mol. The normalized spacial score (nSPS) is 13.0. The molecule has 0 spiro atoms. The molecule has 0 fully saturated rings. The largest absolute Gasteiger partial charge is 0.466 e. The second kappa shape index (κ2) is 7.83. The lowest BCUT2D eigenvalue weighted by molar-refractivity contribution is -0.118. The van der Waals surface area contributed by atoms with E-state index < -0.39 is 0 Å². The Kier molecular flexibility index (Phi) is 5.28. The average molecular weight is 398 g/mol. The van der Waals surface area contributed by atoms with E-state index in [0.29, 0.717) is 24.4 Å². The number of hydrogen-bond acceptors (Lipinski definition) is 3. The van der Waals surface area contributed by atoms with E-state index in [2.05, 4.69) is 19.1 Å². The number of fused-ring (bicyclic) bond motifs is 2. The third kappa shape index (κ3) is 3.92. The van der Waals surface area contributed by atoms with Gasteiger partial charge in [0.25, 0.3) is 0 Å². The van der Waals surface area contributed by atoms with Crippen LogP contribution in [0.25, 0.3) is 0 Å². The van der Waals surface area contributed by atoms with E-state index in [1.54, 1.807) is 11.8 Å². The van der Waals surface area contributed by atoms with Crippen molar-refractivity contribution in [2.75, 3.05) is 4.90 Å². The van der Waals surface area contributed by atoms with E-state index in [1.807, 2.05) is 47.4 Å². The Morgan fingerprint density at radius 1 is 1.11 bits per heavy atom. The van der Waals surface area contributed by atoms with Gasteiger partial charge in [0.05, 0.1) is 12.2 Å². The van der Waals surface area contributed by atoms with Crippen molar-refractivity contribution in [3.63, 3.8) is 0 Å². The van der Waals surface area contributed by atoms with Crippen molar-refractivity contribution in [1.29, 1.82) is 0 Å². The number of benzene rings is 2. The molecule has 2 aromatic carbocycles. The van der Waals surface area contributed by atoms with E-state index in [-0.39, 0.29) is 5.91 Å². The van der Waals surface area contributed by atoms with E-state index >= 15 is 0 Å². The topological polar surface area (TPSA) is 33.5 Å². The molecule has 5 heteroatoms. The van der Waals surface area contributed by atoms with Crippen molar-refractivity contribution in [1.82, 2.24) is 0 Å². The number of hydrogen-bond donors (Lipinski definition) is 0. The van der Waals surface area contributed by atoms with Crippen LogP contribution in [0.5, 0.6) is 0 Å². The molecule has 0 saturated carbocycles. The number of carbonyl (C=O) groups excluding carboxylic acids is 1. The fourth-order valence-corrected chi connectivity index (χ4v) is 4.45. The van der Waals surface area contributed by atoms with Gasteiger partial charge in [0, 0.05) is 34.1 Å². The molecule has 0 unspecified atom stereocenters. The Balaban J connectivity index is 1.61. The smallest absolute Gasteiger partial charge is 0.227 e. The van der Waals surface area contributed by atoms with Gasteiger partial charge in [-0.1, -0.05) is 48.5 Å². The SMILES string of the molecule is CCc1ccc(CCC(=O)N2Cc3ccccc3Sc3ccc(Cl)cc32)o1. The summed E-state index contributed by atoms with van der Waals surface area (Å²) in [4.78, 5) is 17.2. The number of rotatable bonds is 4. The second-order valence-corrected chi connectivity index (χ2v) is 8.04. The summed E-state index contributed by atoms with van der Waals surface area (Å²) in [5.41, 5.74) is 2.02. The van der Waals surface area contributed by atoms with Crippen molar-refractivity contribution < 1.29 is 9.21 Å². The minimum absolute atomic E-state index is 0.0743. The highest BCUT2D eigenvalue weighted by atomic mass is 35.5. The lowest BCUT2D eigenvalue weighted by Crippen LogP contribution is -2.30. The van der Waals surface area contributed by atoms with Crippen molar-refractivity contribution >= 4 is 35.0 Å². The first-order valence-corrected chi connectivity index (χ1v) is 10.3. The van der Waals surface area contributed by atoms with Crippen LogP contribution in [0.3, 0.4) is 0 Å². The average Bonchev–Trinajstić information content (AvgIpc) is 3.08. The predicted octanol–water partition coefficient (Wildman–Crippen LogP) is 6.13. The van der Waals surface area contributed by atoms with E-state index in [9.17, 15) is 4.79 Å². The molecule has 0 saturated heterocycles. The van der Waals surface area contributed by atoms with Crippen LogP contribution in [0.15, 0.2) is 68.8 Å². The monoisotopic (exact) mass is 397 g/mol. The molecule has 138 valence electrons. The highest BCUT2D eigenvalue weighted by molar-refractivity contribution is 7.99. The number of halogens is 1. The first-order chi connectivity index (χ1) is 13.1. The second-order valence-electron chi connectivity index (χ2n) is 6.52. The molecule has 0 radical (unpaired) electrons. The summed E-state index contributed by atoms with van der Waals surface area (Å²) in [5.74, 6) is 1.89. The maximum absolute atomic E-state index is 13.1. The summed E-state index contributed by atoms with van der Waals surface area (Å²) in [5, 5.41) is 0.636. The zero-order valence-electron chi connectivity index (χ0n) is 15.1. The third-order valence-corrected chi connectivity index (χ3v) is 6.10. The molecule has 3 nitrogen and oxygen atoms in total. The molecule has 4 rings (SSSR count). The predicted molar refractivity (Wildman–Crippen MR) is 110 cm³/mol. The molecule has 27 heavy (non-hydrogen) atoms. The quantitative estimate of drug-likeness (QED) is 0.531. The van der Waals surface area contributed by atoms with Gasteiger partial charge in [-0.05, 0) is 42.0 Å². The minimum atomic E-state index is 0.0743. The number of furan rings is 1. The number of nitrogens with zero attached hydrogens (tertiary/aromatic N) is 1. The third-order valence-electron chi connectivity index (χ3n) is 4.68. The Morgan fingerprint density at radius 3 is 2.74 bits per heavy atom. The van der Waals surface area contributed by atoms with Crippen LogP contribution in [-0.2, 0) is 24.2 Å². The molecule has 0 atom stereocenters. The summed E-state index contributed by atoms with van der Waals surface area (Å²) < 4.78 is 5.74. The first-order valence-electron chi connectivity index (χ1n) is 9.07. The van der Waals surface area contributed by atoms with Crippen LogP contribution in [0.2, 0.25) is 5.02 Å². The summed E-state index contributed by atoms with van der Waals surface area (Å²) in [6.45, 7) is 2.61. The molecule has 0 bridgehead atoms. The highest BCUT2D eigenvalue weighted by Gasteiger charge is 2.24. The van der Waals surface area contributed by atoms with Crippen LogP contribution < -0.4 is 4.90 Å². The molecular formula is C22H20ClNO2S. The number of amides is 1. The van der Waals surface area contributed by atoms with Gasteiger partial charge in [-0.3, -0.25) is 4.79 Å². The maximum atomic E-state index is 13.1. The molecule has 0 aliphatic carbocycles. The Hall–Kier alpha value is -2.17. The van der Waals surface area contributed by atoms with Gasteiger partial charge in [0.2, 0.25) is 5.91 Å². The molecule has 0 N–H and O–H groups in total. The summed E-state index contributed by atoms with van der Waals surface area (Å²) >= 11 is 7.92. The number of carbonyl (C=O) groups is 1. The van der Waals surface area contributed by atoms with Crippen LogP contribution in [0, 0.1) is 0 Å². The van der Waals surface area contributed by atoms with Gasteiger partial charge in [-0.25, -0.2) is 0 Å². The fraction of sp³-hybridized carbons (Fsp3) is 0.227. The van der Waals surface area contributed by atoms with Crippen molar-refractivity contribution in [2.24, 2.45) is 0 Å². The molecule has 2 heterocycles. The summed E-state index contributed by atoms with van der Waals surface area (Å²) in [7, 11) is 0. The minimum Gasteiger partial charge on any atom is -0.466 e. The highest BCUT2D eigenvalue weighted by Crippen LogP contribution is 2.42. The molecule has 1 aliphatic rings. The van der Waals surface area contributed by atoms with Gasteiger partial charge in [0.15, 0.2) is 0 Å². The van der Waals surface area contributed by atoms with E-state index in [4.69, 9.17) is 16.0 Å². The van der Waals surface area contributed by atoms with Crippen molar-refractivity contribution in [3.05, 3.63) is 76.7 Å². The van der Waals surface area contributed by atoms with Crippen molar-refractivity contribution in [2.45, 2.75) is 42.5 Å². The molecule has 1 aliphatic heterocycles. The van der Waals surface area contributed by atoms with Gasteiger partial charge < -0.3 is 9.32 Å². The lowest BCUT2D eigenvalue weighted by atomic mass is 10.1. The van der Waals surface area contributed by atoms with Gasteiger partial charge >= 0.3 is 0 Å². The van der Waals surface area contributed by atoms with Crippen LogP contribution in [-0.4, -0.2) is 5.91 Å². The summed E-state index contributed by atoms with van der Waals surface area (Å²) in [6.07, 6.45) is 1.86. The molecule has 1 aromatic heterocycles. The Labute approximate surface area is 168 Å². The van der Waals surface area contributed by atoms with E-state index in [0.717, 1.165) is 34.1 Å². The lowest BCUT2D eigenvalue weighted by Gasteiger charge is -2.23. The first kappa shape index (κ1) is 18.2. The number of aryl methyl sites for hydroxylation is 2. The Bertz CT molecular complexity index is 982. The maximum Gasteiger partial charge on any atom is 0.227 e. The van der Waals surface area contributed by atoms with Gasteiger partial charge in [-0.2, -0.15) is 0 Å². The Morgan fingerprint density at radius 2 is 1.93 bits per heavy atom. The number of anilines is 1. The van der Waals surface area contributed by atoms with Crippen molar-refractivity contribution in [3.8, 4) is 0 Å². The zero-order valence-corrected chi connectivity index (χ0v) is 16.6. The van der Waals surface area contributed by atoms with Gasteiger partial charge in [-0.15, -0.1) is 0 Å². The molecule has 1 amide bonds.